The van der Waals surface area contributed by atoms with Gasteiger partial charge < -0.3 is 26.9 Å². The highest BCUT2D eigenvalue weighted by atomic mass is 19.1. The molecule has 2 unspecified atom stereocenters. The molecule has 2 atom stereocenters. The van der Waals surface area contributed by atoms with Crippen molar-refractivity contribution in [2.75, 3.05) is 24.1 Å². The highest BCUT2D eigenvalue weighted by Gasteiger charge is 2.33. The molecule has 0 aliphatic carbocycles. The fourth-order valence-corrected chi connectivity index (χ4v) is 4.61. The maximum atomic E-state index is 15.4. The molecule has 0 aliphatic heterocycles. The molecule has 0 saturated carbocycles. The third-order valence-corrected chi connectivity index (χ3v) is 6.41. The van der Waals surface area contributed by atoms with E-state index in [0.29, 0.717) is 29.8 Å². The summed E-state index contributed by atoms with van der Waals surface area (Å²) in [6.45, 7) is 4.39. The number of primary amides is 1. The Bertz CT molecular complexity index is 1480. The van der Waals surface area contributed by atoms with Crippen molar-refractivity contribution in [3.8, 4) is 11.1 Å². The molecular weight excluding hydrogens is 494 g/mol. The molecule has 0 bridgehead atoms. The number of anilines is 2. The summed E-state index contributed by atoms with van der Waals surface area (Å²) in [4.78, 5) is 33.6. The van der Waals surface area contributed by atoms with Crippen molar-refractivity contribution >= 4 is 34.5 Å². The maximum absolute atomic E-state index is 15.4. The second-order valence-corrected chi connectivity index (χ2v) is 8.72. The number of halogens is 2. The lowest BCUT2D eigenvalue weighted by atomic mass is 9.93. The number of rotatable bonds is 9. The van der Waals surface area contributed by atoms with Gasteiger partial charge in [0, 0.05) is 16.8 Å². The number of nitrogens with one attached hydrogen (secondary N) is 2. The predicted octanol–water partition coefficient (Wildman–Crippen LogP) is 3.57. The predicted molar refractivity (Wildman–Crippen MR) is 141 cm³/mol. The number of H-pyrrole nitrogens is 1. The Balaban J connectivity index is 1.70. The Morgan fingerprint density at radius 1 is 1.08 bits per heavy atom. The Morgan fingerprint density at radius 3 is 2.37 bits per heavy atom. The number of likely N-dealkylation sites (N-methyl/N-ethyl adjacent to an activating group) is 1. The topological polar surface area (TPSA) is 150 Å². The third kappa shape index (κ3) is 5.20. The van der Waals surface area contributed by atoms with Gasteiger partial charge in [0.05, 0.1) is 22.6 Å². The lowest BCUT2D eigenvalue weighted by molar-refractivity contribution is -0.127. The van der Waals surface area contributed by atoms with Gasteiger partial charge in [-0.25, -0.2) is 13.8 Å². The minimum absolute atomic E-state index is 0.00839. The second-order valence-electron chi connectivity index (χ2n) is 8.72. The van der Waals surface area contributed by atoms with Crippen LogP contribution in [0.5, 0.6) is 0 Å². The first-order chi connectivity index (χ1) is 18.1. The van der Waals surface area contributed by atoms with Crippen molar-refractivity contribution in [2.45, 2.75) is 26.0 Å². The number of aliphatic hydroxyl groups excluding tert-OH is 1. The summed E-state index contributed by atoms with van der Waals surface area (Å²) >= 11 is 0. The fourth-order valence-electron chi connectivity index (χ4n) is 4.61. The van der Waals surface area contributed by atoms with Crippen LogP contribution in [0.1, 0.15) is 35.8 Å². The molecule has 4 rings (SSSR count). The summed E-state index contributed by atoms with van der Waals surface area (Å²) in [5, 5.41) is 13.8. The van der Waals surface area contributed by atoms with Crippen molar-refractivity contribution in [1.29, 1.82) is 0 Å². The zero-order valence-corrected chi connectivity index (χ0v) is 20.8. The van der Waals surface area contributed by atoms with Crippen LogP contribution in [0.15, 0.2) is 54.6 Å². The third-order valence-electron chi connectivity index (χ3n) is 6.41. The number of amides is 2. The number of carbonyl (C=O) groups excluding carboxylic acids is 2. The van der Waals surface area contributed by atoms with Crippen LogP contribution in [0.25, 0.3) is 22.2 Å². The average Bonchev–Trinajstić information content (AvgIpc) is 3.25. The Labute approximate surface area is 217 Å². The summed E-state index contributed by atoms with van der Waals surface area (Å²) in [5.74, 6) is -3.29. The molecule has 11 heteroatoms. The van der Waals surface area contributed by atoms with E-state index < -0.39 is 41.2 Å². The number of fused-ring (bicyclic) bond motifs is 1. The van der Waals surface area contributed by atoms with E-state index in [-0.39, 0.29) is 22.6 Å². The number of aromatic nitrogens is 2. The highest BCUT2D eigenvalue weighted by Crippen LogP contribution is 2.34. The van der Waals surface area contributed by atoms with Crippen molar-refractivity contribution in [2.24, 2.45) is 5.73 Å². The van der Waals surface area contributed by atoms with Gasteiger partial charge in [-0.15, -0.1) is 0 Å². The minimum atomic E-state index is -1.68. The highest BCUT2D eigenvalue weighted by molar-refractivity contribution is 6.00. The number of imidazole rings is 1. The van der Waals surface area contributed by atoms with Crippen molar-refractivity contribution in [3.05, 3.63) is 77.4 Å². The minimum Gasteiger partial charge on any atom is -0.381 e. The van der Waals surface area contributed by atoms with Crippen LogP contribution in [-0.2, 0) is 4.79 Å². The van der Waals surface area contributed by atoms with Gasteiger partial charge in [0.2, 0.25) is 5.91 Å². The fraction of sp³-hybridized carbons (Fsp3) is 0.222. The molecule has 4 aromatic rings. The van der Waals surface area contributed by atoms with E-state index in [4.69, 9.17) is 11.5 Å². The summed E-state index contributed by atoms with van der Waals surface area (Å²) < 4.78 is 30.8. The van der Waals surface area contributed by atoms with Crippen molar-refractivity contribution < 1.29 is 23.5 Å². The second kappa shape index (κ2) is 11.0. The van der Waals surface area contributed by atoms with Crippen molar-refractivity contribution in [3.63, 3.8) is 0 Å². The lowest BCUT2D eigenvalue weighted by Gasteiger charge is -2.33. The smallest absolute Gasteiger partial charge is 0.255 e. The zero-order valence-electron chi connectivity index (χ0n) is 20.8. The number of aliphatic hydroxyl groups is 1. The number of carbonyl (C=O) groups is 2. The molecule has 3 aromatic carbocycles. The molecule has 38 heavy (non-hydrogen) atoms. The summed E-state index contributed by atoms with van der Waals surface area (Å²) in [7, 11) is 0. The number of nitrogens with zero attached hydrogens (tertiary/aromatic N) is 2. The first-order valence-corrected chi connectivity index (χ1v) is 12.0. The molecular formula is C27H28F2N6O3. The lowest BCUT2D eigenvalue weighted by Crippen LogP contribution is -2.43. The molecule has 1 aromatic heterocycles. The molecule has 1 heterocycles. The monoisotopic (exact) mass is 522 g/mol. The number of nitrogens with two attached hydrogens (primary N) is 2. The first-order valence-electron chi connectivity index (χ1n) is 12.0. The first kappa shape index (κ1) is 26.7. The van der Waals surface area contributed by atoms with Gasteiger partial charge >= 0.3 is 0 Å². The zero-order chi connectivity index (χ0) is 27.6. The number of hydrogen-bond donors (Lipinski definition) is 5. The molecule has 2 amide bonds. The summed E-state index contributed by atoms with van der Waals surface area (Å²) in [5.41, 5.74) is 12.2. The number of nitrogen functional groups attached to an aromatic ring is 1. The normalized spacial score (nSPS) is 13.0. The van der Waals surface area contributed by atoms with Crippen LogP contribution in [0.3, 0.4) is 0 Å². The molecule has 9 nitrogen and oxygen atoms in total. The van der Waals surface area contributed by atoms with Gasteiger partial charge in [0.1, 0.15) is 11.6 Å². The number of hydrogen-bond acceptors (Lipinski definition) is 6. The van der Waals surface area contributed by atoms with Gasteiger partial charge in [-0.3, -0.25) is 14.5 Å². The van der Waals surface area contributed by atoms with Gasteiger partial charge in [-0.1, -0.05) is 32.0 Å². The van der Waals surface area contributed by atoms with E-state index >= 15 is 8.78 Å². The van der Waals surface area contributed by atoms with Gasteiger partial charge in [-0.05, 0) is 55.1 Å². The van der Waals surface area contributed by atoms with E-state index in [0.717, 1.165) is 12.1 Å². The quantitative estimate of drug-likeness (QED) is 0.227. The number of aromatic amines is 1. The van der Waals surface area contributed by atoms with E-state index in [1.807, 2.05) is 13.8 Å². The van der Waals surface area contributed by atoms with Crippen LogP contribution >= 0.6 is 0 Å². The molecule has 0 fully saturated rings. The van der Waals surface area contributed by atoms with E-state index in [1.165, 1.54) is 24.3 Å². The number of benzene rings is 3. The molecule has 7 N–H and O–H groups in total. The largest absolute Gasteiger partial charge is 0.381 e. The van der Waals surface area contributed by atoms with Gasteiger partial charge in [-0.2, -0.15) is 0 Å². The van der Waals surface area contributed by atoms with E-state index in [2.05, 4.69) is 15.3 Å². The van der Waals surface area contributed by atoms with Crippen LogP contribution < -0.4 is 16.8 Å². The van der Waals surface area contributed by atoms with Crippen LogP contribution in [0.2, 0.25) is 0 Å². The maximum Gasteiger partial charge on any atom is 0.255 e. The Hall–Kier alpha value is -4.35. The van der Waals surface area contributed by atoms with Gasteiger partial charge in [0.25, 0.3) is 5.91 Å². The average molecular weight is 523 g/mol. The summed E-state index contributed by atoms with van der Waals surface area (Å²) in [6.07, 6.45) is -1.68. The molecule has 0 saturated heterocycles. The van der Waals surface area contributed by atoms with Gasteiger partial charge in [0.15, 0.2) is 12.1 Å². The van der Waals surface area contributed by atoms with Crippen molar-refractivity contribution in [1.82, 2.24) is 14.9 Å². The van der Waals surface area contributed by atoms with E-state index in [1.54, 1.807) is 23.1 Å². The molecule has 0 aliphatic rings. The standard InChI is InChI=1S/C27H28F2N6O3/c1-3-35(4-2)23(24(36)26(38)32-15-9-10-20-21(13-15)34-27(31)33-20)14-11-18(28)22(19(29)12-14)16-7-5-6-8-17(16)25(30)37/h5-13,23-24,36H,3-4H2,1-2H3,(H2,30,37)(H,32,38)(H3,31,33,34). The van der Waals surface area contributed by atoms with E-state index in [9.17, 15) is 14.7 Å². The Kier molecular flexibility index (Phi) is 7.70. The Morgan fingerprint density at radius 2 is 1.74 bits per heavy atom. The molecule has 0 spiro atoms. The molecule has 0 radical (unpaired) electrons. The van der Waals surface area contributed by atoms with Crippen LogP contribution in [-0.4, -0.2) is 51.0 Å². The van der Waals surface area contributed by atoms with Crippen LogP contribution in [0, 0.1) is 11.6 Å². The van der Waals surface area contributed by atoms with Crippen LogP contribution in [0.4, 0.5) is 20.4 Å². The summed E-state index contributed by atoms with van der Waals surface area (Å²) in [6, 6.07) is 11.8. The SMILES string of the molecule is CCN(CC)C(c1cc(F)c(-c2ccccc2C(N)=O)c(F)c1)C(O)C(=O)Nc1ccc2nc(N)[nH]c2c1. The molecule has 198 valence electrons.